The van der Waals surface area contributed by atoms with E-state index in [4.69, 9.17) is 14.5 Å². The summed E-state index contributed by atoms with van der Waals surface area (Å²) < 4.78 is 47.5. The Hall–Kier alpha value is -10.6. The largest absolute Gasteiger partial charge is 0.457 e. The Morgan fingerprint density at radius 1 is 0.330 bits per heavy atom. The number of benzene rings is 10. The lowest BCUT2D eigenvalue weighted by Crippen LogP contribution is -2.12. The third-order valence-electron chi connectivity index (χ3n) is 19.3. The Bertz CT molecular complexity index is 5310. The molecule has 12 heteroatoms. The summed E-state index contributed by atoms with van der Waals surface area (Å²) in [6.07, 6.45) is 0. The molecule has 10 aromatic carbocycles. The van der Waals surface area contributed by atoms with Crippen LogP contribution in [0.2, 0.25) is 0 Å². The third kappa shape index (κ3) is 11.1. The van der Waals surface area contributed by atoms with E-state index < -0.39 is 22.6 Å². The van der Waals surface area contributed by atoms with Gasteiger partial charge >= 0.3 is 11.9 Å². The maximum Gasteiger partial charge on any atom is 0.338 e. The molecule has 0 spiro atoms. The molecule has 0 aliphatic carbocycles. The smallest absolute Gasteiger partial charge is 0.338 e. The number of esters is 2. The van der Waals surface area contributed by atoms with E-state index in [1.54, 1.807) is 0 Å². The van der Waals surface area contributed by atoms with Crippen molar-refractivity contribution in [2.75, 3.05) is 0 Å². The van der Waals surface area contributed by atoms with Crippen molar-refractivity contribution >= 4 is 110 Å². The van der Waals surface area contributed by atoms with E-state index in [-0.39, 0.29) is 50.9 Å². The molecule has 0 bridgehead atoms. The molecule has 0 saturated heterocycles. The lowest BCUT2D eigenvalue weighted by Gasteiger charge is -2.19. The zero-order valence-electron chi connectivity index (χ0n) is 56.8. The van der Waals surface area contributed by atoms with Gasteiger partial charge in [-0.25, -0.2) is 23.0 Å². The highest BCUT2D eigenvalue weighted by Crippen LogP contribution is 2.42. The molecule has 11 nitrogen and oxygen atoms in total. The molecule has 0 atom stereocenters. The highest BCUT2D eigenvalue weighted by Gasteiger charge is 2.27. The summed E-state index contributed by atoms with van der Waals surface area (Å²) in [5.41, 5.74) is 15.0. The van der Waals surface area contributed by atoms with Crippen molar-refractivity contribution in [3.63, 3.8) is 0 Å². The molecule has 0 aliphatic heterocycles. The number of nitrogens with zero attached hydrogens (tertiary/aromatic N) is 5. The van der Waals surface area contributed by atoms with Crippen molar-refractivity contribution in [2.45, 2.75) is 123 Å². The summed E-state index contributed by atoms with van der Waals surface area (Å²) >= 11 is 0. The Morgan fingerprint density at radius 3 is 0.918 bits per heavy atom. The lowest BCUT2D eigenvalue weighted by atomic mass is 9.85. The highest BCUT2D eigenvalue weighted by molar-refractivity contribution is 7.72. The molecule has 0 N–H and O–H groups in total. The predicted molar refractivity (Wildman–Crippen MR) is 396 cm³/mol. The molecule has 15 rings (SSSR count). The first-order chi connectivity index (χ1) is 46.2. The van der Waals surface area contributed by atoms with Crippen molar-refractivity contribution < 1.29 is 27.5 Å². The van der Waals surface area contributed by atoms with Gasteiger partial charge in [0.25, 0.3) is 0 Å². The molecule has 0 fully saturated rings. The molecule has 0 saturated carbocycles. The van der Waals surface area contributed by atoms with Crippen LogP contribution in [0.25, 0.3) is 110 Å². The number of rotatable bonds is 11. The maximum atomic E-state index is 14.8. The van der Waals surface area contributed by atoms with Crippen LogP contribution in [-0.2, 0) is 55.1 Å². The van der Waals surface area contributed by atoms with Crippen LogP contribution < -0.4 is 0 Å². The van der Waals surface area contributed by atoms with E-state index in [2.05, 4.69) is 229 Å². The minimum atomic E-state index is -3.27. The van der Waals surface area contributed by atoms with E-state index in [9.17, 15) is 18.0 Å². The van der Waals surface area contributed by atoms with Crippen molar-refractivity contribution in [3.8, 4) is 23.0 Å². The highest BCUT2D eigenvalue weighted by atomic mass is 32.2. The average Bonchev–Trinajstić information content (AvgIpc) is 1.59. The summed E-state index contributed by atoms with van der Waals surface area (Å²) in [7, 11) is -3.27. The van der Waals surface area contributed by atoms with Crippen LogP contribution in [0.3, 0.4) is 0 Å². The number of thiol groups is 1. The van der Waals surface area contributed by atoms with E-state index in [0.29, 0.717) is 22.8 Å². The van der Waals surface area contributed by atoms with Crippen molar-refractivity contribution in [3.05, 3.63) is 263 Å². The van der Waals surface area contributed by atoms with Gasteiger partial charge in [0.05, 0.1) is 60.2 Å². The second kappa shape index (κ2) is 23.1. The summed E-state index contributed by atoms with van der Waals surface area (Å²) in [5, 5.41) is 8.78. The monoisotopic (exact) mass is 1300 g/mol. The van der Waals surface area contributed by atoms with Crippen molar-refractivity contribution in [1.29, 1.82) is 0 Å². The zero-order chi connectivity index (χ0) is 67.8. The molecular formula is C85H77N5O6S. The second-order valence-corrected chi connectivity index (χ2v) is 31.1. The number of pyridine rings is 1. The first-order valence-electron chi connectivity index (χ1n) is 33.2. The normalized spacial score (nSPS) is 12.7. The molecule has 0 radical (unpaired) electrons. The fourth-order valence-corrected chi connectivity index (χ4v) is 14.6. The van der Waals surface area contributed by atoms with Crippen LogP contribution >= 0.6 is 0 Å². The Morgan fingerprint density at radius 2 is 0.619 bits per heavy atom. The van der Waals surface area contributed by atoms with E-state index in [1.807, 2.05) is 72.8 Å². The summed E-state index contributed by atoms with van der Waals surface area (Å²) in [6, 6.07) is 74.0. The lowest BCUT2D eigenvalue weighted by molar-refractivity contribution is 0.0469. The number of carbonyl (C=O) groups excluding carboxylic acids is 2. The SMILES string of the molecule is CC(C)(C)c1ccc2c(c1)c1cc(C(C)(C)C)ccc1n2-c1cc(COC(=O)c2cc(C(=O)OCc3cc(-n4c5ccccc5c5ccccc54)cc(-n4c5ccccc5c5ccccc54)c3)cc([SH](=O)=O)c2)cc(-n2c3ccc(C(C)(C)C)cc3c3cc(C(C)(C)C)ccc32)n1. The molecule has 97 heavy (non-hydrogen) atoms. The molecule has 15 aromatic rings. The van der Waals surface area contributed by atoms with Gasteiger partial charge in [0.15, 0.2) is 10.7 Å². The fraction of sp³-hybridized carbons (Fsp3) is 0.212. The minimum Gasteiger partial charge on any atom is -0.457 e. The number of aromatic nitrogens is 5. The third-order valence-corrected chi connectivity index (χ3v) is 20.0. The van der Waals surface area contributed by atoms with Gasteiger partial charge in [-0.3, -0.25) is 9.13 Å². The number of hydrogen-bond donors (Lipinski definition) is 1. The van der Waals surface area contributed by atoms with E-state index >= 15 is 0 Å². The molecule has 5 aromatic heterocycles. The first kappa shape index (κ1) is 62.5. The van der Waals surface area contributed by atoms with Crippen LogP contribution in [-0.4, -0.2) is 43.6 Å². The van der Waals surface area contributed by atoms with Gasteiger partial charge in [-0.15, -0.1) is 0 Å². The number of fused-ring (bicyclic) bond motifs is 12. The summed E-state index contributed by atoms with van der Waals surface area (Å²) in [5.74, 6) is -0.421. The zero-order valence-corrected chi connectivity index (χ0v) is 57.7. The number of hydrogen-bond acceptors (Lipinski definition) is 7. The Balaban J connectivity index is 0.821. The number of carbonyl (C=O) groups is 2. The molecule has 0 amide bonds. The number of ether oxygens (including phenoxy) is 2. The average molecular weight is 1300 g/mol. The summed E-state index contributed by atoms with van der Waals surface area (Å²) in [6.45, 7) is 26.4. The molecule has 0 unspecified atom stereocenters. The van der Waals surface area contributed by atoms with Crippen LogP contribution in [0, 0.1) is 0 Å². The van der Waals surface area contributed by atoms with E-state index in [1.165, 1.54) is 40.5 Å². The predicted octanol–water partition coefficient (Wildman–Crippen LogP) is 20.3. The van der Waals surface area contributed by atoms with Gasteiger partial charge in [0.2, 0.25) is 0 Å². The Kier molecular flexibility index (Phi) is 14.9. The van der Waals surface area contributed by atoms with Crippen LogP contribution in [0.4, 0.5) is 0 Å². The molecular weight excluding hydrogens is 1220 g/mol. The van der Waals surface area contributed by atoms with Crippen molar-refractivity contribution in [2.24, 2.45) is 0 Å². The van der Waals surface area contributed by atoms with Gasteiger partial charge in [-0.2, -0.15) is 0 Å². The fourth-order valence-electron chi connectivity index (χ4n) is 14.1. The maximum absolute atomic E-state index is 14.8. The minimum absolute atomic E-state index is 0.121. The summed E-state index contributed by atoms with van der Waals surface area (Å²) in [4.78, 5) is 34.8. The van der Waals surface area contributed by atoms with Crippen LogP contribution in [0.5, 0.6) is 0 Å². The van der Waals surface area contributed by atoms with E-state index in [0.717, 1.165) is 98.6 Å². The van der Waals surface area contributed by atoms with Gasteiger partial charge in [-0.1, -0.05) is 180 Å². The van der Waals surface area contributed by atoms with Gasteiger partial charge in [0, 0.05) is 54.5 Å². The van der Waals surface area contributed by atoms with Crippen molar-refractivity contribution in [1.82, 2.24) is 23.3 Å². The quantitative estimate of drug-likeness (QED) is 0.101. The van der Waals surface area contributed by atoms with Crippen LogP contribution in [0.15, 0.2) is 223 Å². The van der Waals surface area contributed by atoms with Crippen LogP contribution in [0.1, 0.15) is 137 Å². The number of para-hydroxylation sites is 4. The van der Waals surface area contributed by atoms with Gasteiger partial charge in [0.1, 0.15) is 24.8 Å². The standard InChI is InChI=1S/C85H77N5O6S/c1-82(2,3)55-29-33-74-66(44-55)67-45-56(83(4,5)6)30-34-75(67)89(74)78-39-52(40-79(86-78)90-76-35-31-57(84(7,8)9)46-68(76)69-47-58(85(10,11)12)32-36-77(69)90)50-96-81(92)54-41-53(42-61(43-54)97(93)94)80(91)95-49-51-37-59(87-70-25-17-13-21-62(70)63-22-14-18-26-71(63)87)48-60(38-51)88-72-27-19-15-23-64(72)65-24-16-20-28-73(65)88/h13-48,97H,49-50H2,1-12H3. The molecule has 484 valence electrons. The topological polar surface area (TPSA) is 119 Å². The van der Waals surface area contributed by atoms with Gasteiger partial charge in [-0.05, 0) is 176 Å². The molecule has 0 aliphatic rings. The second-order valence-electron chi connectivity index (χ2n) is 30.1. The first-order valence-corrected chi connectivity index (χ1v) is 34.4. The molecule has 5 heterocycles. The Labute approximate surface area is 566 Å². The van der Waals surface area contributed by atoms with Gasteiger partial charge < -0.3 is 18.6 Å².